The van der Waals surface area contributed by atoms with Gasteiger partial charge < -0.3 is 19.7 Å². The molecule has 1 heterocycles. The third-order valence-electron chi connectivity index (χ3n) is 4.15. The van der Waals surface area contributed by atoms with Gasteiger partial charge in [0.15, 0.2) is 12.1 Å². The number of alkyl carbamates (subject to hydrolysis) is 1. The van der Waals surface area contributed by atoms with E-state index in [1.807, 2.05) is 0 Å². The predicted octanol–water partition coefficient (Wildman–Crippen LogP) is 3.69. The number of amides is 2. The molecule has 1 aliphatic heterocycles. The normalized spacial score (nSPS) is 15.2. The molecule has 1 aliphatic rings. The van der Waals surface area contributed by atoms with Gasteiger partial charge in [0.25, 0.3) is 0 Å². The first kappa shape index (κ1) is 27.7. The number of nitrogens with zero attached hydrogens (tertiary/aromatic N) is 1. The van der Waals surface area contributed by atoms with E-state index in [0.717, 1.165) is 12.8 Å². The molecule has 30 heavy (non-hydrogen) atoms. The van der Waals surface area contributed by atoms with E-state index in [-0.39, 0.29) is 26.8 Å². The average Bonchev–Trinajstić information content (AvgIpc) is 3.11. The molecule has 0 radical (unpaired) electrons. The minimum Gasteiger partial charge on any atom is -0.455 e. The van der Waals surface area contributed by atoms with E-state index in [4.69, 9.17) is 9.47 Å². The van der Waals surface area contributed by atoms with E-state index < -0.39 is 35.6 Å². The van der Waals surface area contributed by atoms with E-state index in [1.165, 1.54) is 31.2 Å². The number of halogens is 1. The van der Waals surface area contributed by atoms with Crippen LogP contribution in [0.4, 0.5) is 9.18 Å². The third kappa shape index (κ3) is 8.22. The molecule has 1 aromatic carbocycles. The van der Waals surface area contributed by atoms with E-state index in [1.54, 1.807) is 25.7 Å². The number of ether oxygens (including phenoxy) is 2. The van der Waals surface area contributed by atoms with Gasteiger partial charge in [0, 0.05) is 20.0 Å². The van der Waals surface area contributed by atoms with Gasteiger partial charge in [-0.1, -0.05) is 19.6 Å². The molecular weight excluding hydrogens is 411 g/mol. The van der Waals surface area contributed by atoms with E-state index in [9.17, 15) is 18.8 Å². The molecular formula is C21H33FN2O5S. The zero-order valence-corrected chi connectivity index (χ0v) is 18.2. The number of esters is 1. The fourth-order valence-electron chi connectivity index (χ4n) is 3.00. The summed E-state index contributed by atoms with van der Waals surface area (Å²) >= 11 is 0. The van der Waals surface area contributed by atoms with Crippen LogP contribution in [0.2, 0.25) is 0 Å². The van der Waals surface area contributed by atoms with Crippen molar-refractivity contribution in [3.63, 3.8) is 0 Å². The van der Waals surface area contributed by atoms with Crippen LogP contribution in [0.25, 0.3) is 0 Å². The summed E-state index contributed by atoms with van der Waals surface area (Å²) in [4.78, 5) is 38.8. The van der Waals surface area contributed by atoms with Gasteiger partial charge in [0.05, 0.1) is 0 Å². The van der Waals surface area contributed by atoms with Crippen LogP contribution in [-0.2, 0) is 19.1 Å². The minimum absolute atomic E-state index is 0. The molecule has 2 atom stereocenters. The Bertz CT molecular complexity index is 715. The Morgan fingerprint density at radius 1 is 1.10 bits per heavy atom. The van der Waals surface area contributed by atoms with Crippen molar-refractivity contribution in [2.24, 2.45) is 0 Å². The summed E-state index contributed by atoms with van der Waals surface area (Å²) < 4.78 is 24.0. The number of hydrogen-bond acceptors (Lipinski definition) is 5. The Balaban J connectivity index is 0.00000420. The molecule has 1 saturated heterocycles. The molecule has 0 aliphatic carbocycles. The number of carbonyl (C=O) groups excluding carboxylic acids is 3. The number of benzene rings is 1. The molecule has 0 saturated carbocycles. The highest BCUT2D eigenvalue weighted by molar-refractivity contribution is 7.59. The fourth-order valence-corrected chi connectivity index (χ4v) is 3.00. The lowest BCUT2D eigenvalue weighted by atomic mass is 10.0. The molecule has 0 aromatic heterocycles. The maximum Gasteiger partial charge on any atom is 0.408 e. The smallest absolute Gasteiger partial charge is 0.408 e. The van der Waals surface area contributed by atoms with Crippen LogP contribution in [0, 0.1) is 5.82 Å². The molecule has 0 unspecified atom stereocenters. The Morgan fingerprint density at radius 3 is 2.10 bits per heavy atom. The SMILES string of the molecule is C.CC(=O)O[C@@H](c1ccc(F)cc1)[C@@H](NC(=O)OC(C)(C)C)C(=O)N1CCCC1.S. The maximum absolute atomic E-state index is 13.3. The first-order chi connectivity index (χ1) is 13.1. The quantitative estimate of drug-likeness (QED) is 0.700. The van der Waals surface area contributed by atoms with Gasteiger partial charge in [-0.15, -0.1) is 0 Å². The predicted molar refractivity (Wildman–Crippen MR) is 117 cm³/mol. The highest BCUT2D eigenvalue weighted by Crippen LogP contribution is 2.25. The van der Waals surface area contributed by atoms with Crippen molar-refractivity contribution in [2.45, 2.75) is 65.7 Å². The van der Waals surface area contributed by atoms with Gasteiger partial charge in [-0.05, 0) is 51.3 Å². The molecule has 0 spiro atoms. The molecule has 9 heteroatoms. The summed E-state index contributed by atoms with van der Waals surface area (Å²) in [5, 5.41) is 2.55. The molecule has 7 nitrogen and oxygen atoms in total. The third-order valence-corrected chi connectivity index (χ3v) is 4.15. The number of carbonyl (C=O) groups is 3. The Labute approximate surface area is 184 Å². The lowest BCUT2D eigenvalue weighted by Gasteiger charge is -2.31. The summed E-state index contributed by atoms with van der Waals surface area (Å²) in [6.07, 6.45) is -0.192. The van der Waals surface area contributed by atoms with Gasteiger partial charge in [-0.2, -0.15) is 13.5 Å². The van der Waals surface area contributed by atoms with Gasteiger partial charge in [-0.3, -0.25) is 9.59 Å². The van der Waals surface area contributed by atoms with E-state index in [0.29, 0.717) is 18.7 Å². The van der Waals surface area contributed by atoms with Crippen LogP contribution in [0.15, 0.2) is 24.3 Å². The van der Waals surface area contributed by atoms with Crippen LogP contribution >= 0.6 is 13.5 Å². The Morgan fingerprint density at radius 2 is 1.63 bits per heavy atom. The van der Waals surface area contributed by atoms with Crippen molar-refractivity contribution in [2.75, 3.05) is 13.1 Å². The summed E-state index contributed by atoms with van der Waals surface area (Å²) in [6, 6.07) is 4.06. The van der Waals surface area contributed by atoms with Crippen LogP contribution < -0.4 is 5.32 Å². The minimum atomic E-state index is -1.19. The first-order valence-corrected chi connectivity index (χ1v) is 9.28. The van der Waals surface area contributed by atoms with Crippen molar-refractivity contribution < 1.29 is 28.2 Å². The average molecular weight is 445 g/mol. The van der Waals surface area contributed by atoms with Gasteiger partial charge in [0.1, 0.15) is 11.4 Å². The van der Waals surface area contributed by atoms with Crippen LogP contribution in [0.1, 0.15) is 59.6 Å². The maximum atomic E-state index is 13.3. The largest absolute Gasteiger partial charge is 0.455 e. The Hall–Kier alpha value is -2.29. The molecule has 2 amide bonds. The number of likely N-dealkylation sites (tertiary alicyclic amines) is 1. The fraction of sp³-hybridized carbons (Fsp3) is 0.571. The molecule has 0 bridgehead atoms. The lowest BCUT2D eigenvalue weighted by molar-refractivity contribution is -0.152. The van der Waals surface area contributed by atoms with Crippen molar-refractivity contribution >= 4 is 31.5 Å². The van der Waals surface area contributed by atoms with Gasteiger partial charge in [0.2, 0.25) is 5.91 Å². The topological polar surface area (TPSA) is 84.9 Å². The second-order valence-electron chi connectivity index (χ2n) is 7.74. The number of nitrogens with one attached hydrogen (secondary N) is 1. The summed E-state index contributed by atoms with van der Waals surface area (Å²) in [5.41, 5.74) is -0.372. The standard InChI is InChI=1S/C20H27FN2O5.CH4.H2S/c1-13(24)27-17(14-7-9-15(21)10-8-14)16(18(25)23-11-5-6-12-23)22-19(26)28-20(2,3)4;;/h7-10,16-17H,5-6,11-12H2,1-4H3,(H,22,26);1H4;1H2/t16-,17+;;/m1../s1. The molecule has 1 N–H and O–H groups in total. The van der Waals surface area contributed by atoms with Crippen molar-refractivity contribution in [1.82, 2.24) is 10.2 Å². The highest BCUT2D eigenvalue weighted by Gasteiger charge is 2.38. The molecule has 170 valence electrons. The molecule has 1 fully saturated rings. The highest BCUT2D eigenvalue weighted by atomic mass is 32.1. The van der Waals surface area contributed by atoms with Crippen molar-refractivity contribution in [3.05, 3.63) is 35.6 Å². The van der Waals surface area contributed by atoms with Crippen LogP contribution in [0.3, 0.4) is 0 Å². The number of hydrogen-bond donors (Lipinski definition) is 1. The lowest BCUT2D eigenvalue weighted by Crippen LogP contribution is -2.52. The summed E-state index contributed by atoms with van der Waals surface area (Å²) in [7, 11) is 0. The Kier molecular flexibility index (Phi) is 10.9. The van der Waals surface area contributed by atoms with E-state index >= 15 is 0 Å². The first-order valence-electron chi connectivity index (χ1n) is 9.28. The number of rotatable bonds is 5. The zero-order valence-electron chi connectivity index (χ0n) is 17.2. The summed E-state index contributed by atoms with van der Waals surface area (Å²) in [6.45, 7) is 7.43. The van der Waals surface area contributed by atoms with Gasteiger partial charge in [-0.25, -0.2) is 9.18 Å². The summed E-state index contributed by atoms with van der Waals surface area (Å²) in [5.74, 6) is -1.47. The zero-order chi connectivity index (χ0) is 20.9. The van der Waals surface area contributed by atoms with Crippen molar-refractivity contribution in [1.29, 1.82) is 0 Å². The van der Waals surface area contributed by atoms with Crippen LogP contribution in [0.5, 0.6) is 0 Å². The van der Waals surface area contributed by atoms with E-state index in [2.05, 4.69) is 5.32 Å². The van der Waals surface area contributed by atoms with Crippen molar-refractivity contribution in [3.8, 4) is 0 Å². The molecule has 1 aromatic rings. The second kappa shape index (κ2) is 11.8. The van der Waals surface area contributed by atoms with Crippen LogP contribution in [-0.4, -0.2) is 47.6 Å². The monoisotopic (exact) mass is 444 g/mol. The van der Waals surface area contributed by atoms with Gasteiger partial charge >= 0.3 is 12.1 Å². The molecule has 2 rings (SSSR count). The second-order valence-corrected chi connectivity index (χ2v) is 7.74.